The zero-order chi connectivity index (χ0) is 16.2. The van der Waals surface area contributed by atoms with Crippen molar-refractivity contribution in [3.8, 4) is 5.75 Å². The molecule has 1 radical (unpaired) electrons. The molecule has 0 amide bonds. The summed E-state index contributed by atoms with van der Waals surface area (Å²) in [6, 6.07) is 14.3. The first-order valence-corrected chi connectivity index (χ1v) is 8.11. The van der Waals surface area contributed by atoms with Crippen LogP contribution in [0.25, 0.3) is 0 Å². The second kappa shape index (κ2) is 8.87. The average molecular weight is 400 g/mol. The van der Waals surface area contributed by atoms with Crippen LogP contribution in [0.15, 0.2) is 42.5 Å². The fourth-order valence-electron chi connectivity index (χ4n) is 3.15. The minimum absolute atomic E-state index is 0. The van der Waals surface area contributed by atoms with Gasteiger partial charge in [-0.05, 0) is 42.4 Å². The van der Waals surface area contributed by atoms with E-state index in [0.717, 1.165) is 24.3 Å². The number of rotatable bonds is 3. The van der Waals surface area contributed by atoms with E-state index in [0.29, 0.717) is 11.7 Å². The Morgan fingerprint density at radius 2 is 1.79 bits per heavy atom. The molecule has 3 rings (SSSR count). The van der Waals surface area contributed by atoms with Gasteiger partial charge in [-0.3, -0.25) is 0 Å². The number of benzene rings is 2. The summed E-state index contributed by atoms with van der Waals surface area (Å²) >= 11 is 0. The number of esters is 1. The molecule has 24 heavy (non-hydrogen) atoms. The first kappa shape index (κ1) is 19.3. The molecule has 0 spiro atoms. The fraction of sp³-hybridized carbons (Fsp3) is 0.350. The largest absolute Gasteiger partial charge is 0.450 e. The normalized spacial score (nSPS) is 20.1. The number of hydrogen-bond donors (Lipinski definition) is 0. The Hall–Kier alpha value is -1.06. The topological polar surface area (TPSA) is 26.3 Å². The average Bonchev–Trinajstić information content (AvgIpc) is 2.56. The molecule has 1 saturated carbocycles. The molecule has 4 heteroatoms. The van der Waals surface area contributed by atoms with Gasteiger partial charge < -0.3 is 4.74 Å². The molecule has 2 aromatic rings. The van der Waals surface area contributed by atoms with E-state index < -0.39 is 11.8 Å². The van der Waals surface area contributed by atoms with Crippen molar-refractivity contribution >= 4 is 5.97 Å². The second-order valence-corrected chi connectivity index (χ2v) is 6.32. The van der Waals surface area contributed by atoms with E-state index in [9.17, 15) is 9.18 Å². The van der Waals surface area contributed by atoms with Gasteiger partial charge in [-0.1, -0.05) is 25.8 Å². The van der Waals surface area contributed by atoms with Crippen molar-refractivity contribution in [2.24, 2.45) is 5.92 Å². The molecular weight excluding hydrogens is 380 g/mol. The van der Waals surface area contributed by atoms with Crippen molar-refractivity contribution in [1.29, 1.82) is 0 Å². The van der Waals surface area contributed by atoms with E-state index in [1.54, 1.807) is 30.3 Å². The van der Waals surface area contributed by atoms with Crippen LogP contribution in [0.4, 0.5) is 4.39 Å². The number of ether oxygens (including phenoxy) is 1. The molecular formula is C20H20FO2Y-. The first-order valence-electron chi connectivity index (χ1n) is 8.11. The second-order valence-electron chi connectivity index (χ2n) is 6.32. The summed E-state index contributed by atoms with van der Waals surface area (Å²) in [6.07, 6.45) is 4.54. The Bertz CT molecular complexity index is 679. The Kier molecular flexibility index (Phi) is 7.12. The van der Waals surface area contributed by atoms with Crippen molar-refractivity contribution in [3.63, 3.8) is 0 Å². The molecule has 1 aliphatic rings. The summed E-state index contributed by atoms with van der Waals surface area (Å²) in [4.78, 5) is 12.1. The molecule has 2 aromatic carbocycles. The Morgan fingerprint density at radius 1 is 1.12 bits per heavy atom. The van der Waals surface area contributed by atoms with Crippen molar-refractivity contribution in [1.82, 2.24) is 0 Å². The van der Waals surface area contributed by atoms with E-state index in [-0.39, 0.29) is 38.3 Å². The molecule has 123 valence electrons. The van der Waals surface area contributed by atoms with Gasteiger partial charge in [0.2, 0.25) is 0 Å². The third-order valence-electron chi connectivity index (χ3n) is 4.60. The summed E-state index contributed by atoms with van der Waals surface area (Å²) < 4.78 is 19.5. The van der Waals surface area contributed by atoms with Crippen molar-refractivity contribution in [3.05, 3.63) is 65.5 Å². The smallest absolute Gasteiger partial charge is 0.344 e. The molecule has 2 nitrogen and oxygen atoms in total. The Balaban J connectivity index is 0.00000208. The van der Waals surface area contributed by atoms with E-state index in [4.69, 9.17) is 4.74 Å². The number of hydrogen-bond acceptors (Lipinski definition) is 2. The predicted molar refractivity (Wildman–Crippen MR) is 87.0 cm³/mol. The maximum absolute atomic E-state index is 14.3. The minimum Gasteiger partial charge on any atom is -0.450 e. The molecule has 1 fully saturated rings. The summed E-state index contributed by atoms with van der Waals surface area (Å²) in [6.45, 7) is 2.26. The predicted octanol–water partition coefficient (Wildman–Crippen LogP) is 5.14. The molecule has 0 aliphatic heterocycles. The van der Waals surface area contributed by atoms with E-state index >= 15 is 0 Å². The molecule has 0 unspecified atom stereocenters. The first-order chi connectivity index (χ1) is 11.1. The zero-order valence-electron chi connectivity index (χ0n) is 13.8. The van der Waals surface area contributed by atoms with E-state index in [1.165, 1.54) is 18.9 Å². The SMILES string of the molecule is CC1CCC(c2ccc(C(=O)Oc3cc[c-]cc3)c(F)c2)CC1.[Y]. The van der Waals surface area contributed by atoms with Gasteiger partial charge in [-0.15, -0.1) is 12.1 Å². The van der Waals surface area contributed by atoms with Crippen LogP contribution in [0, 0.1) is 17.8 Å². The third-order valence-corrected chi connectivity index (χ3v) is 4.60. The van der Waals surface area contributed by atoms with Gasteiger partial charge in [0.05, 0.1) is 5.56 Å². The summed E-state index contributed by atoms with van der Waals surface area (Å²) in [5.74, 6) is 0.369. The van der Waals surface area contributed by atoms with Gasteiger partial charge in [0, 0.05) is 38.5 Å². The van der Waals surface area contributed by atoms with Crippen LogP contribution < -0.4 is 4.74 Å². The molecule has 0 heterocycles. The number of carbonyl (C=O) groups excluding carboxylic acids is 1. The standard InChI is InChI=1S/C20H20FO2.Y/c1-14-7-9-15(10-8-14)16-11-12-18(19(21)13-16)20(22)23-17-5-3-2-4-6-17;/h3-6,11-15H,7-10H2,1H3;/q-1;. The summed E-state index contributed by atoms with van der Waals surface area (Å²) in [5, 5.41) is 0. The molecule has 1 aliphatic carbocycles. The molecule has 0 N–H and O–H groups in total. The van der Waals surface area contributed by atoms with Gasteiger partial charge in [0.25, 0.3) is 0 Å². The molecule has 0 atom stereocenters. The van der Waals surface area contributed by atoms with E-state index in [1.807, 2.05) is 6.07 Å². The van der Waals surface area contributed by atoms with Crippen LogP contribution in [-0.4, -0.2) is 5.97 Å². The third kappa shape index (κ3) is 4.74. The number of halogens is 1. The minimum atomic E-state index is -0.669. The van der Waals surface area contributed by atoms with Gasteiger partial charge in [-0.25, -0.2) is 9.18 Å². The monoisotopic (exact) mass is 400 g/mol. The van der Waals surface area contributed by atoms with E-state index in [2.05, 4.69) is 13.0 Å². The van der Waals surface area contributed by atoms with Crippen LogP contribution in [-0.2, 0) is 32.7 Å². The number of carbonyl (C=O) groups is 1. The van der Waals surface area contributed by atoms with Crippen LogP contribution in [0.5, 0.6) is 5.75 Å². The van der Waals surface area contributed by atoms with Crippen molar-refractivity contribution in [2.45, 2.75) is 38.5 Å². The van der Waals surface area contributed by atoms with Crippen LogP contribution >= 0.6 is 0 Å². The Morgan fingerprint density at radius 3 is 2.42 bits per heavy atom. The summed E-state index contributed by atoms with van der Waals surface area (Å²) in [5.41, 5.74) is 0.964. The van der Waals surface area contributed by atoms with Crippen LogP contribution in [0.3, 0.4) is 0 Å². The van der Waals surface area contributed by atoms with Gasteiger partial charge >= 0.3 is 5.97 Å². The quantitative estimate of drug-likeness (QED) is 0.405. The van der Waals surface area contributed by atoms with Crippen molar-refractivity contribution in [2.75, 3.05) is 0 Å². The molecule has 0 bridgehead atoms. The van der Waals surface area contributed by atoms with Gasteiger partial charge in [0.1, 0.15) is 5.82 Å². The van der Waals surface area contributed by atoms with Crippen molar-refractivity contribution < 1.29 is 46.6 Å². The van der Waals surface area contributed by atoms with Gasteiger partial charge in [0.15, 0.2) is 0 Å². The fourth-order valence-corrected chi connectivity index (χ4v) is 3.15. The maximum atomic E-state index is 14.3. The maximum Gasteiger partial charge on any atom is 0.344 e. The zero-order valence-corrected chi connectivity index (χ0v) is 16.6. The van der Waals surface area contributed by atoms with Crippen LogP contribution in [0.2, 0.25) is 0 Å². The van der Waals surface area contributed by atoms with Crippen LogP contribution in [0.1, 0.15) is 54.4 Å². The molecule has 0 aromatic heterocycles. The molecule has 0 saturated heterocycles. The Labute approximate surface area is 167 Å². The van der Waals surface area contributed by atoms with Gasteiger partial charge in [-0.2, -0.15) is 18.2 Å². The summed E-state index contributed by atoms with van der Waals surface area (Å²) in [7, 11) is 0.